The highest BCUT2D eigenvalue weighted by molar-refractivity contribution is 5.95. The van der Waals surface area contributed by atoms with E-state index in [0.29, 0.717) is 26.2 Å². The molecule has 0 aromatic heterocycles. The summed E-state index contributed by atoms with van der Waals surface area (Å²) in [5.74, 6) is -0.324. The molecule has 0 aliphatic carbocycles. The molecule has 0 saturated heterocycles. The van der Waals surface area contributed by atoms with E-state index in [9.17, 15) is 9.59 Å². The zero-order chi connectivity index (χ0) is 15.6. The quantitative estimate of drug-likeness (QED) is 0.509. The first kappa shape index (κ1) is 18.8. The number of ether oxygens (including phenoxy) is 1. The fraction of sp³-hybridized carbons (Fsp3) is 0.846. The van der Waals surface area contributed by atoms with Crippen LogP contribution in [0.1, 0.15) is 20.8 Å². The van der Waals surface area contributed by atoms with Gasteiger partial charge >= 0.3 is 6.03 Å². The normalized spacial score (nSPS) is 11.5. The number of hydrogen-bond donors (Lipinski definition) is 3. The number of nitrogens with two attached hydrogens (primary N) is 1. The van der Waals surface area contributed by atoms with Crippen molar-refractivity contribution in [1.82, 2.24) is 15.5 Å². The van der Waals surface area contributed by atoms with E-state index in [-0.39, 0.29) is 17.9 Å². The van der Waals surface area contributed by atoms with Crippen LogP contribution in [0.5, 0.6) is 0 Å². The van der Waals surface area contributed by atoms with Gasteiger partial charge in [0.1, 0.15) is 0 Å². The number of amides is 3. The molecule has 0 spiro atoms. The first-order valence-corrected chi connectivity index (χ1v) is 6.83. The molecule has 3 amide bonds. The highest BCUT2D eigenvalue weighted by Gasteiger charge is 2.21. The summed E-state index contributed by atoms with van der Waals surface area (Å²) < 4.78 is 4.80. The molecule has 0 heterocycles. The lowest BCUT2D eigenvalue weighted by molar-refractivity contribution is -0.121. The van der Waals surface area contributed by atoms with Gasteiger partial charge in [-0.2, -0.15) is 0 Å². The summed E-state index contributed by atoms with van der Waals surface area (Å²) in [5.41, 5.74) is 5.63. The molecule has 20 heavy (non-hydrogen) atoms. The minimum absolute atomic E-state index is 0.0585. The van der Waals surface area contributed by atoms with Gasteiger partial charge < -0.3 is 15.8 Å². The molecule has 0 aliphatic rings. The standard InChI is InChI=1S/C13H28N4O3/c1-5-17(10-13(2,3)9-14)8-11(18)16-12(19)15-6-7-20-4/h5-10,14H2,1-4H3,(H2,15,16,18,19). The summed E-state index contributed by atoms with van der Waals surface area (Å²) in [6, 6.07) is -0.499. The number of carbonyl (C=O) groups excluding carboxylic acids is 2. The molecule has 7 heteroatoms. The van der Waals surface area contributed by atoms with Crippen molar-refractivity contribution in [1.29, 1.82) is 0 Å². The van der Waals surface area contributed by atoms with Crippen LogP contribution in [0.15, 0.2) is 0 Å². The van der Waals surface area contributed by atoms with E-state index in [4.69, 9.17) is 10.5 Å². The third-order valence-corrected chi connectivity index (χ3v) is 2.86. The first-order chi connectivity index (χ1) is 9.34. The molecular weight excluding hydrogens is 260 g/mol. The summed E-state index contributed by atoms with van der Waals surface area (Å²) >= 11 is 0. The van der Waals surface area contributed by atoms with Crippen molar-refractivity contribution in [3.63, 3.8) is 0 Å². The number of urea groups is 1. The molecule has 0 aromatic carbocycles. The monoisotopic (exact) mass is 288 g/mol. The van der Waals surface area contributed by atoms with Gasteiger partial charge in [0.25, 0.3) is 0 Å². The SMILES string of the molecule is CCN(CC(=O)NC(=O)NCCOC)CC(C)(C)CN. The summed E-state index contributed by atoms with van der Waals surface area (Å²) in [4.78, 5) is 25.1. The molecule has 7 nitrogen and oxygen atoms in total. The van der Waals surface area contributed by atoms with Gasteiger partial charge in [0.15, 0.2) is 0 Å². The van der Waals surface area contributed by atoms with Crippen molar-refractivity contribution < 1.29 is 14.3 Å². The first-order valence-electron chi connectivity index (χ1n) is 6.83. The van der Waals surface area contributed by atoms with Crippen LogP contribution in [0.25, 0.3) is 0 Å². The van der Waals surface area contributed by atoms with E-state index in [1.54, 1.807) is 7.11 Å². The molecule has 0 aromatic rings. The molecule has 4 N–H and O–H groups in total. The Hall–Kier alpha value is -1.18. The second kappa shape index (κ2) is 9.68. The van der Waals surface area contributed by atoms with Crippen LogP contribution >= 0.6 is 0 Å². The lowest BCUT2D eigenvalue weighted by Crippen LogP contribution is -2.47. The molecule has 0 fully saturated rings. The summed E-state index contributed by atoms with van der Waals surface area (Å²) in [5, 5.41) is 4.82. The average molecular weight is 288 g/mol. The zero-order valence-electron chi connectivity index (χ0n) is 13.0. The number of imide groups is 1. The Morgan fingerprint density at radius 3 is 2.50 bits per heavy atom. The van der Waals surface area contributed by atoms with Gasteiger partial charge in [-0.3, -0.25) is 15.0 Å². The highest BCUT2D eigenvalue weighted by Crippen LogP contribution is 2.14. The van der Waals surface area contributed by atoms with Crippen LogP contribution in [0.4, 0.5) is 4.79 Å². The Labute approximate surface area is 121 Å². The molecule has 0 rings (SSSR count). The maximum absolute atomic E-state index is 11.8. The number of carbonyl (C=O) groups is 2. The highest BCUT2D eigenvalue weighted by atomic mass is 16.5. The zero-order valence-corrected chi connectivity index (χ0v) is 13.0. The fourth-order valence-corrected chi connectivity index (χ4v) is 1.63. The second-order valence-corrected chi connectivity index (χ2v) is 5.47. The van der Waals surface area contributed by atoms with Crippen molar-refractivity contribution in [3.05, 3.63) is 0 Å². The lowest BCUT2D eigenvalue weighted by Gasteiger charge is -2.30. The topological polar surface area (TPSA) is 96.7 Å². The number of likely N-dealkylation sites (N-methyl/N-ethyl adjacent to an activating group) is 1. The number of hydrogen-bond acceptors (Lipinski definition) is 5. The van der Waals surface area contributed by atoms with Gasteiger partial charge in [-0.25, -0.2) is 4.79 Å². The number of methoxy groups -OCH3 is 1. The van der Waals surface area contributed by atoms with Gasteiger partial charge in [0.2, 0.25) is 5.91 Å². The van der Waals surface area contributed by atoms with Gasteiger partial charge in [-0.15, -0.1) is 0 Å². The Morgan fingerprint density at radius 2 is 2.00 bits per heavy atom. The van der Waals surface area contributed by atoms with Crippen LogP contribution in [-0.4, -0.2) is 63.3 Å². The van der Waals surface area contributed by atoms with Gasteiger partial charge in [-0.05, 0) is 18.5 Å². The maximum Gasteiger partial charge on any atom is 0.321 e. The second-order valence-electron chi connectivity index (χ2n) is 5.47. The molecule has 0 unspecified atom stereocenters. The van der Waals surface area contributed by atoms with Crippen molar-refractivity contribution in [2.24, 2.45) is 11.1 Å². The summed E-state index contributed by atoms with van der Waals surface area (Å²) in [6.45, 7) is 9.00. The number of nitrogens with zero attached hydrogens (tertiary/aromatic N) is 1. The third-order valence-electron chi connectivity index (χ3n) is 2.86. The lowest BCUT2D eigenvalue weighted by atomic mass is 9.93. The van der Waals surface area contributed by atoms with Gasteiger partial charge in [0, 0.05) is 20.2 Å². The maximum atomic E-state index is 11.8. The predicted octanol–water partition coefficient (Wildman–Crippen LogP) is -0.235. The van der Waals surface area contributed by atoms with Crippen molar-refractivity contribution in [2.45, 2.75) is 20.8 Å². The molecule has 0 aliphatic heterocycles. The summed E-state index contributed by atoms with van der Waals surface area (Å²) in [6.07, 6.45) is 0. The van der Waals surface area contributed by atoms with Gasteiger partial charge in [-0.1, -0.05) is 20.8 Å². The Kier molecular flexibility index (Phi) is 9.11. The molecule has 0 bridgehead atoms. The Morgan fingerprint density at radius 1 is 1.35 bits per heavy atom. The van der Waals surface area contributed by atoms with Crippen molar-refractivity contribution in [2.75, 3.05) is 46.4 Å². The van der Waals surface area contributed by atoms with E-state index in [1.165, 1.54) is 0 Å². The number of nitrogens with one attached hydrogen (secondary N) is 2. The molecule has 0 saturated carbocycles. The van der Waals surface area contributed by atoms with E-state index in [2.05, 4.69) is 10.6 Å². The van der Waals surface area contributed by atoms with Crippen LogP contribution in [0.2, 0.25) is 0 Å². The molecular formula is C13H28N4O3. The van der Waals surface area contributed by atoms with Crippen LogP contribution in [-0.2, 0) is 9.53 Å². The minimum Gasteiger partial charge on any atom is -0.383 e. The van der Waals surface area contributed by atoms with Crippen LogP contribution in [0.3, 0.4) is 0 Å². The largest absolute Gasteiger partial charge is 0.383 e. The van der Waals surface area contributed by atoms with Crippen molar-refractivity contribution >= 4 is 11.9 Å². The van der Waals surface area contributed by atoms with E-state index >= 15 is 0 Å². The smallest absolute Gasteiger partial charge is 0.321 e. The van der Waals surface area contributed by atoms with E-state index < -0.39 is 6.03 Å². The molecule has 118 valence electrons. The fourth-order valence-electron chi connectivity index (χ4n) is 1.63. The minimum atomic E-state index is -0.499. The Balaban J connectivity index is 4.12. The van der Waals surface area contributed by atoms with Crippen LogP contribution in [0, 0.1) is 5.41 Å². The Bertz CT molecular complexity index is 308. The third kappa shape index (κ3) is 8.84. The van der Waals surface area contributed by atoms with E-state index in [1.807, 2.05) is 25.7 Å². The number of rotatable bonds is 9. The average Bonchev–Trinajstić information content (AvgIpc) is 2.37. The molecule has 0 radical (unpaired) electrons. The van der Waals surface area contributed by atoms with Crippen LogP contribution < -0.4 is 16.4 Å². The molecule has 0 atom stereocenters. The van der Waals surface area contributed by atoms with Gasteiger partial charge in [0.05, 0.1) is 13.2 Å². The summed E-state index contributed by atoms with van der Waals surface area (Å²) in [7, 11) is 1.54. The predicted molar refractivity (Wildman–Crippen MR) is 78.4 cm³/mol. The van der Waals surface area contributed by atoms with Crippen molar-refractivity contribution in [3.8, 4) is 0 Å². The van der Waals surface area contributed by atoms with E-state index in [0.717, 1.165) is 6.54 Å².